The van der Waals surface area contributed by atoms with Crippen LogP contribution in [-0.4, -0.2) is 32.1 Å². The smallest absolute Gasteiger partial charge is 0.255 e. The van der Waals surface area contributed by atoms with E-state index in [1.807, 2.05) is 45.0 Å². The number of H-pyrrole nitrogens is 1. The number of hydrogen-bond donors (Lipinski definition) is 3. The quantitative estimate of drug-likeness (QED) is 0.549. The van der Waals surface area contributed by atoms with Gasteiger partial charge in [0.1, 0.15) is 5.52 Å². The molecule has 3 aromatic rings. The van der Waals surface area contributed by atoms with Gasteiger partial charge < -0.3 is 15.7 Å². The number of aromatic nitrogens is 3. The van der Waals surface area contributed by atoms with Crippen LogP contribution < -0.4 is 5.32 Å². The third-order valence-electron chi connectivity index (χ3n) is 4.33. The second-order valence-corrected chi connectivity index (χ2v) is 9.66. The van der Waals surface area contributed by atoms with Crippen LogP contribution >= 0.6 is 0 Å². The monoisotopic (exact) mass is 391 g/mol. The number of hydrogen-bond acceptors (Lipinski definition) is 4. The molecule has 0 saturated heterocycles. The van der Waals surface area contributed by atoms with Crippen molar-refractivity contribution in [1.82, 2.24) is 20.3 Å². The molecule has 0 bridgehead atoms. The lowest BCUT2D eigenvalue weighted by Gasteiger charge is -2.20. The summed E-state index contributed by atoms with van der Waals surface area (Å²) in [6.07, 6.45) is 4.03. The predicted octanol–water partition coefficient (Wildman–Crippen LogP) is 4.96. The molecule has 0 atom stereocenters. The van der Waals surface area contributed by atoms with E-state index in [1.165, 1.54) is 0 Å². The van der Waals surface area contributed by atoms with Gasteiger partial charge in [0.05, 0.1) is 17.5 Å². The molecule has 0 aliphatic carbocycles. The fourth-order valence-electron chi connectivity index (χ4n) is 3.11. The van der Waals surface area contributed by atoms with E-state index < -0.39 is 0 Å². The zero-order valence-corrected chi connectivity index (χ0v) is 18.0. The van der Waals surface area contributed by atoms with Crippen LogP contribution in [-0.2, 0) is 0 Å². The molecule has 0 aliphatic heterocycles. The lowest BCUT2D eigenvalue weighted by atomic mass is 9.87. The Balaban J connectivity index is 1.97. The van der Waals surface area contributed by atoms with Crippen LogP contribution in [0.4, 0.5) is 0 Å². The number of benzene rings is 1. The van der Waals surface area contributed by atoms with Gasteiger partial charge >= 0.3 is 0 Å². The van der Waals surface area contributed by atoms with Crippen molar-refractivity contribution >= 4 is 22.8 Å². The molecule has 6 nitrogen and oxygen atoms in total. The fourth-order valence-corrected chi connectivity index (χ4v) is 3.11. The van der Waals surface area contributed by atoms with Gasteiger partial charge in [-0.3, -0.25) is 4.79 Å². The highest BCUT2D eigenvalue weighted by molar-refractivity contribution is 6.05. The fraction of sp³-hybridized carbons (Fsp3) is 0.391. The minimum atomic E-state index is -0.340. The summed E-state index contributed by atoms with van der Waals surface area (Å²) in [7, 11) is 0. The van der Waals surface area contributed by atoms with Gasteiger partial charge in [-0.25, -0.2) is 9.97 Å². The molecule has 0 aliphatic rings. The zero-order chi connectivity index (χ0) is 21.4. The minimum Gasteiger partial charge on any atom is -0.347 e. The largest absolute Gasteiger partial charge is 0.347 e. The number of carbonyl (C=O) groups excluding carboxylic acids is 1. The lowest BCUT2D eigenvalue weighted by Crippen LogP contribution is -2.40. The summed E-state index contributed by atoms with van der Waals surface area (Å²) >= 11 is 0. The molecular weight excluding hydrogens is 362 g/mol. The van der Waals surface area contributed by atoms with E-state index in [0.717, 1.165) is 11.1 Å². The van der Waals surface area contributed by atoms with E-state index in [1.54, 1.807) is 12.4 Å². The summed E-state index contributed by atoms with van der Waals surface area (Å²) < 4.78 is 0. The number of nitrogens with zero attached hydrogens (tertiary/aromatic N) is 2. The maximum Gasteiger partial charge on any atom is 0.255 e. The number of rotatable bonds is 4. The molecule has 2 aromatic heterocycles. The molecule has 2 heterocycles. The molecule has 0 fully saturated rings. The van der Waals surface area contributed by atoms with Gasteiger partial charge in [-0.15, -0.1) is 0 Å². The van der Waals surface area contributed by atoms with Gasteiger partial charge in [0.25, 0.3) is 5.91 Å². The Labute approximate surface area is 171 Å². The van der Waals surface area contributed by atoms with Crippen molar-refractivity contribution in [3.63, 3.8) is 0 Å². The first-order chi connectivity index (χ1) is 13.4. The number of fused-ring (bicyclic) bond motifs is 1. The summed E-state index contributed by atoms with van der Waals surface area (Å²) in [5.74, 6) is -0.184. The van der Waals surface area contributed by atoms with Crippen LogP contribution in [0.3, 0.4) is 0 Å². The first kappa shape index (κ1) is 20.7. The van der Waals surface area contributed by atoms with E-state index in [0.29, 0.717) is 34.6 Å². The average Bonchev–Trinajstić information content (AvgIpc) is 3.02. The maximum absolute atomic E-state index is 12.6. The summed E-state index contributed by atoms with van der Waals surface area (Å²) in [5, 5.41) is 11.4. The number of aromatic amines is 1. The minimum absolute atomic E-state index is 0.0479. The molecule has 6 heteroatoms. The van der Waals surface area contributed by atoms with E-state index in [9.17, 15) is 4.79 Å². The van der Waals surface area contributed by atoms with Gasteiger partial charge in [-0.2, -0.15) is 0 Å². The van der Waals surface area contributed by atoms with Gasteiger partial charge in [0.2, 0.25) is 0 Å². The maximum atomic E-state index is 12.6. The van der Waals surface area contributed by atoms with Crippen LogP contribution in [0.25, 0.3) is 22.4 Å². The van der Waals surface area contributed by atoms with Crippen molar-refractivity contribution < 1.29 is 4.79 Å². The molecule has 0 spiro atoms. The Kier molecular flexibility index (Phi) is 5.30. The number of carbonyl (C=O) groups is 1. The third kappa shape index (κ3) is 5.08. The highest BCUT2D eigenvalue weighted by atomic mass is 16.1. The molecular formula is C23H29N5O. The molecule has 29 heavy (non-hydrogen) atoms. The van der Waals surface area contributed by atoms with Crippen LogP contribution in [0, 0.1) is 10.8 Å². The highest BCUT2D eigenvalue weighted by Crippen LogP contribution is 2.25. The van der Waals surface area contributed by atoms with Crippen molar-refractivity contribution in [3.8, 4) is 11.3 Å². The summed E-state index contributed by atoms with van der Waals surface area (Å²) in [4.78, 5) is 24.8. The van der Waals surface area contributed by atoms with Gasteiger partial charge in [-0.1, -0.05) is 39.0 Å². The summed E-state index contributed by atoms with van der Waals surface area (Å²) in [6.45, 7) is 12.2. The molecule has 0 saturated carbocycles. The second kappa shape index (κ2) is 7.43. The first-order valence-electron chi connectivity index (χ1n) is 9.78. The Morgan fingerprint density at radius 3 is 2.55 bits per heavy atom. The summed E-state index contributed by atoms with van der Waals surface area (Å²) in [6, 6.07) is 7.79. The Bertz CT molecular complexity index is 1070. The van der Waals surface area contributed by atoms with Gasteiger partial charge in [0, 0.05) is 23.0 Å². The van der Waals surface area contributed by atoms with Crippen LogP contribution in [0.2, 0.25) is 0 Å². The van der Waals surface area contributed by atoms with Gasteiger partial charge in [-0.05, 0) is 44.2 Å². The molecule has 1 amide bonds. The van der Waals surface area contributed by atoms with E-state index >= 15 is 0 Å². The molecule has 1 aromatic carbocycles. The molecule has 0 radical (unpaired) electrons. The van der Waals surface area contributed by atoms with Crippen molar-refractivity contribution in [2.75, 3.05) is 0 Å². The van der Waals surface area contributed by atoms with Gasteiger partial charge in [0.15, 0.2) is 5.65 Å². The lowest BCUT2D eigenvalue weighted by molar-refractivity contribution is 0.0921. The Morgan fingerprint density at radius 1 is 1.17 bits per heavy atom. The van der Waals surface area contributed by atoms with Crippen molar-refractivity contribution in [2.24, 2.45) is 5.41 Å². The molecule has 0 unspecified atom stereocenters. The van der Waals surface area contributed by atoms with E-state index in [2.05, 4.69) is 36.1 Å². The van der Waals surface area contributed by atoms with Crippen molar-refractivity contribution in [3.05, 3.63) is 47.8 Å². The highest BCUT2D eigenvalue weighted by Gasteiger charge is 2.20. The van der Waals surface area contributed by atoms with Crippen LogP contribution in [0.15, 0.2) is 36.7 Å². The SMILES string of the molecule is CC(C)(C)CC(=N)c1cccc(-c2cnc3[nH]cc(C(=O)NC(C)(C)C)c3n2)c1. The second-order valence-electron chi connectivity index (χ2n) is 9.66. The first-order valence-corrected chi connectivity index (χ1v) is 9.78. The number of nitrogens with one attached hydrogen (secondary N) is 3. The standard InChI is InChI=1S/C23H29N5O/c1-22(2,3)11-17(24)14-8-7-9-15(10-14)18-13-26-20-19(27-18)16(12-25-20)21(29)28-23(4,5)6/h7-10,12-13,24H,11H2,1-6H3,(H,25,26)(H,28,29). The molecule has 3 rings (SSSR count). The molecule has 3 N–H and O–H groups in total. The van der Waals surface area contributed by atoms with Crippen LogP contribution in [0.1, 0.15) is 63.9 Å². The Hall–Kier alpha value is -3.02. The van der Waals surface area contributed by atoms with E-state index in [-0.39, 0.29) is 16.9 Å². The van der Waals surface area contributed by atoms with Crippen molar-refractivity contribution in [2.45, 2.75) is 53.5 Å². The van der Waals surface area contributed by atoms with Crippen LogP contribution in [0.5, 0.6) is 0 Å². The third-order valence-corrected chi connectivity index (χ3v) is 4.33. The van der Waals surface area contributed by atoms with Crippen molar-refractivity contribution in [1.29, 1.82) is 5.41 Å². The topological polar surface area (TPSA) is 94.5 Å². The number of amides is 1. The Morgan fingerprint density at radius 2 is 1.90 bits per heavy atom. The average molecular weight is 392 g/mol. The normalized spacial score (nSPS) is 12.2. The predicted molar refractivity (Wildman–Crippen MR) is 117 cm³/mol. The van der Waals surface area contributed by atoms with E-state index in [4.69, 9.17) is 10.4 Å². The summed E-state index contributed by atoms with van der Waals surface area (Å²) in [5.41, 5.74) is 4.31. The zero-order valence-electron chi connectivity index (χ0n) is 18.0. The molecule has 152 valence electrons.